The normalized spacial score (nSPS) is 12.9. The van der Waals surface area contributed by atoms with Gasteiger partial charge in [-0.2, -0.15) is 0 Å². The van der Waals surface area contributed by atoms with E-state index in [1.807, 2.05) is 13.0 Å². The van der Waals surface area contributed by atoms with Crippen LogP contribution in [-0.2, 0) is 0 Å². The van der Waals surface area contributed by atoms with Crippen LogP contribution >= 0.6 is 15.9 Å². The summed E-state index contributed by atoms with van der Waals surface area (Å²) in [6.07, 6.45) is 0.817. The molecule has 13 heavy (non-hydrogen) atoms. The highest BCUT2D eigenvalue weighted by Crippen LogP contribution is 2.23. The first kappa shape index (κ1) is 10.7. The van der Waals surface area contributed by atoms with Crippen molar-refractivity contribution in [3.05, 3.63) is 34.1 Å². The van der Waals surface area contributed by atoms with Gasteiger partial charge >= 0.3 is 0 Å². The largest absolute Gasteiger partial charge is 0.396 e. The summed E-state index contributed by atoms with van der Waals surface area (Å²) < 4.78 is 13.5. The number of benzene rings is 1. The highest BCUT2D eigenvalue weighted by molar-refractivity contribution is 9.10. The molecule has 1 aromatic rings. The van der Waals surface area contributed by atoms with E-state index in [2.05, 4.69) is 15.9 Å². The zero-order chi connectivity index (χ0) is 9.84. The van der Waals surface area contributed by atoms with Gasteiger partial charge in [-0.15, -0.1) is 0 Å². The first-order chi connectivity index (χ1) is 6.19. The fourth-order valence-corrected chi connectivity index (χ4v) is 1.48. The van der Waals surface area contributed by atoms with E-state index >= 15 is 0 Å². The lowest BCUT2D eigenvalue weighted by Crippen LogP contribution is -2.02. The van der Waals surface area contributed by atoms with Gasteiger partial charge in [-0.3, -0.25) is 0 Å². The first-order valence-electron chi connectivity index (χ1n) is 4.24. The molecule has 0 aliphatic rings. The summed E-state index contributed by atoms with van der Waals surface area (Å²) in [5.74, 6) is -0.230. The summed E-state index contributed by atoms with van der Waals surface area (Å²) in [5.41, 5.74) is 0.853. The van der Waals surface area contributed by atoms with Crippen molar-refractivity contribution in [2.75, 3.05) is 6.61 Å². The molecule has 1 nitrogen and oxygen atoms in total. The molecule has 0 aromatic heterocycles. The van der Waals surface area contributed by atoms with Crippen molar-refractivity contribution >= 4 is 15.9 Å². The zero-order valence-electron chi connectivity index (χ0n) is 7.43. The van der Waals surface area contributed by atoms with Crippen molar-refractivity contribution in [3.63, 3.8) is 0 Å². The molecule has 0 fully saturated rings. The SMILES string of the molecule is CCC(CO)c1ccc(Br)c(F)c1. The number of aliphatic hydroxyl groups excluding tert-OH is 1. The quantitative estimate of drug-likeness (QED) is 0.870. The number of hydrogen-bond donors (Lipinski definition) is 1. The number of aliphatic hydroxyl groups is 1. The summed E-state index contributed by atoms with van der Waals surface area (Å²) in [4.78, 5) is 0. The van der Waals surface area contributed by atoms with E-state index in [1.54, 1.807) is 6.07 Å². The Labute approximate surface area is 85.7 Å². The van der Waals surface area contributed by atoms with E-state index in [9.17, 15) is 4.39 Å². The summed E-state index contributed by atoms with van der Waals surface area (Å²) in [6, 6.07) is 4.97. The fraction of sp³-hybridized carbons (Fsp3) is 0.400. The summed E-state index contributed by atoms with van der Waals surface area (Å²) in [6.45, 7) is 2.04. The summed E-state index contributed by atoms with van der Waals surface area (Å²) >= 11 is 3.08. The van der Waals surface area contributed by atoms with Gasteiger partial charge in [-0.25, -0.2) is 4.39 Å². The molecule has 0 saturated heterocycles. The second-order valence-electron chi connectivity index (χ2n) is 2.96. The Balaban J connectivity index is 2.95. The van der Waals surface area contributed by atoms with E-state index < -0.39 is 0 Å². The minimum Gasteiger partial charge on any atom is -0.396 e. The monoisotopic (exact) mass is 246 g/mol. The third-order valence-corrected chi connectivity index (χ3v) is 2.77. The van der Waals surface area contributed by atoms with Gasteiger partial charge in [0.05, 0.1) is 4.47 Å². The van der Waals surface area contributed by atoms with Gasteiger partial charge in [-0.05, 0) is 40.0 Å². The Kier molecular flexibility index (Phi) is 3.88. The zero-order valence-corrected chi connectivity index (χ0v) is 9.01. The lowest BCUT2D eigenvalue weighted by Gasteiger charge is -2.11. The molecule has 1 unspecified atom stereocenters. The highest BCUT2D eigenvalue weighted by atomic mass is 79.9. The minimum atomic E-state index is -0.274. The van der Waals surface area contributed by atoms with E-state index in [0.717, 1.165) is 12.0 Å². The predicted molar refractivity (Wildman–Crippen MR) is 54.2 cm³/mol. The molecule has 3 heteroatoms. The Hall–Kier alpha value is -0.410. The Morgan fingerprint density at radius 1 is 1.54 bits per heavy atom. The van der Waals surface area contributed by atoms with Gasteiger partial charge < -0.3 is 5.11 Å². The molecule has 0 saturated carbocycles. The number of halogens is 2. The lowest BCUT2D eigenvalue weighted by atomic mass is 9.97. The van der Waals surface area contributed by atoms with Crippen LogP contribution < -0.4 is 0 Å². The molecule has 1 atom stereocenters. The molecule has 0 radical (unpaired) electrons. The third-order valence-electron chi connectivity index (χ3n) is 2.13. The molecular formula is C10H12BrFO. The van der Waals surface area contributed by atoms with Crippen LogP contribution in [0.2, 0.25) is 0 Å². The van der Waals surface area contributed by atoms with Crippen molar-refractivity contribution in [1.29, 1.82) is 0 Å². The van der Waals surface area contributed by atoms with Crippen LogP contribution in [-0.4, -0.2) is 11.7 Å². The van der Waals surface area contributed by atoms with E-state index in [0.29, 0.717) is 4.47 Å². The van der Waals surface area contributed by atoms with Gasteiger partial charge in [0.1, 0.15) is 5.82 Å². The molecular weight excluding hydrogens is 235 g/mol. The second-order valence-corrected chi connectivity index (χ2v) is 3.82. The molecule has 72 valence electrons. The summed E-state index contributed by atoms with van der Waals surface area (Å²) in [5, 5.41) is 9.01. The van der Waals surface area contributed by atoms with Crippen molar-refractivity contribution in [1.82, 2.24) is 0 Å². The molecule has 0 aliphatic carbocycles. The second kappa shape index (κ2) is 4.72. The standard InChI is InChI=1S/C10H12BrFO/c1-2-7(6-13)8-3-4-9(11)10(12)5-8/h3-5,7,13H,2,6H2,1H3. The topological polar surface area (TPSA) is 20.2 Å². The predicted octanol–water partition coefficient (Wildman–Crippen LogP) is 3.07. The Bertz CT molecular complexity index is 284. The van der Waals surface area contributed by atoms with E-state index in [4.69, 9.17) is 5.11 Å². The van der Waals surface area contributed by atoms with E-state index in [1.165, 1.54) is 6.07 Å². The van der Waals surface area contributed by atoms with Crippen molar-refractivity contribution < 1.29 is 9.50 Å². The highest BCUT2D eigenvalue weighted by Gasteiger charge is 2.09. The van der Waals surface area contributed by atoms with Crippen LogP contribution in [0.5, 0.6) is 0 Å². The van der Waals surface area contributed by atoms with Crippen molar-refractivity contribution in [3.8, 4) is 0 Å². The average Bonchev–Trinajstić information content (AvgIpc) is 2.13. The number of hydrogen-bond acceptors (Lipinski definition) is 1. The van der Waals surface area contributed by atoms with Gasteiger partial charge in [0.15, 0.2) is 0 Å². The Morgan fingerprint density at radius 3 is 2.69 bits per heavy atom. The lowest BCUT2D eigenvalue weighted by molar-refractivity contribution is 0.262. The van der Waals surface area contributed by atoms with Gasteiger partial charge in [0.25, 0.3) is 0 Å². The molecule has 0 amide bonds. The molecule has 1 N–H and O–H groups in total. The molecule has 1 aromatic carbocycles. The van der Waals surface area contributed by atoms with Crippen LogP contribution in [0.3, 0.4) is 0 Å². The van der Waals surface area contributed by atoms with Crippen LogP contribution in [0, 0.1) is 5.82 Å². The molecule has 0 bridgehead atoms. The molecule has 0 spiro atoms. The van der Waals surface area contributed by atoms with Gasteiger partial charge in [0.2, 0.25) is 0 Å². The maximum absolute atomic E-state index is 13.1. The average molecular weight is 247 g/mol. The van der Waals surface area contributed by atoms with Crippen molar-refractivity contribution in [2.45, 2.75) is 19.3 Å². The third kappa shape index (κ3) is 2.51. The van der Waals surface area contributed by atoms with Gasteiger partial charge in [0, 0.05) is 12.5 Å². The summed E-state index contributed by atoms with van der Waals surface area (Å²) in [7, 11) is 0. The first-order valence-corrected chi connectivity index (χ1v) is 5.04. The van der Waals surface area contributed by atoms with Gasteiger partial charge in [-0.1, -0.05) is 13.0 Å². The van der Waals surface area contributed by atoms with Crippen LogP contribution in [0.1, 0.15) is 24.8 Å². The van der Waals surface area contributed by atoms with Crippen molar-refractivity contribution in [2.24, 2.45) is 0 Å². The van der Waals surface area contributed by atoms with Crippen LogP contribution in [0.25, 0.3) is 0 Å². The molecule has 0 heterocycles. The number of rotatable bonds is 3. The minimum absolute atomic E-state index is 0.0441. The van der Waals surface area contributed by atoms with Crippen LogP contribution in [0.15, 0.2) is 22.7 Å². The van der Waals surface area contributed by atoms with Crippen LogP contribution in [0.4, 0.5) is 4.39 Å². The maximum Gasteiger partial charge on any atom is 0.137 e. The smallest absolute Gasteiger partial charge is 0.137 e. The fourth-order valence-electron chi connectivity index (χ4n) is 1.24. The Morgan fingerprint density at radius 2 is 2.23 bits per heavy atom. The maximum atomic E-state index is 13.1. The molecule has 1 rings (SSSR count). The molecule has 0 aliphatic heterocycles. The van der Waals surface area contributed by atoms with E-state index in [-0.39, 0.29) is 18.3 Å².